The fraction of sp³-hybridized carbons (Fsp3) is 0.455. The summed E-state index contributed by atoms with van der Waals surface area (Å²) in [6.07, 6.45) is 3.84. The van der Waals surface area contributed by atoms with Gasteiger partial charge in [0.05, 0.1) is 0 Å². The average Bonchev–Trinajstić information content (AvgIpc) is 2.13. The summed E-state index contributed by atoms with van der Waals surface area (Å²) in [5.74, 6) is 0. The molecule has 0 radical (unpaired) electrons. The number of unbranched alkanes of at least 4 members (excludes halogenated alkanes) is 2. The molecular weight excluding hydrogens is 226 g/mol. The molecule has 0 heterocycles. The highest BCUT2D eigenvalue weighted by molar-refractivity contribution is 9.10. The summed E-state index contributed by atoms with van der Waals surface area (Å²) in [5.41, 5.74) is 1.20. The second-order valence-corrected chi connectivity index (χ2v) is 4.06. The number of nitrogens with one attached hydrogen (secondary N) is 1. The van der Waals surface area contributed by atoms with Crippen molar-refractivity contribution >= 4 is 21.6 Å². The number of rotatable bonds is 5. The lowest BCUT2D eigenvalue weighted by Crippen LogP contribution is -2.00. The molecule has 13 heavy (non-hydrogen) atoms. The van der Waals surface area contributed by atoms with E-state index in [2.05, 4.69) is 40.3 Å². The first-order chi connectivity index (χ1) is 6.33. The lowest BCUT2D eigenvalue weighted by Gasteiger charge is -2.05. The maximum Gasteiger partial charge on any atom is 0.0351 e. The second kappa shape index (κ2) is 6.03. The Bertz CT molecular complexity index is 248. The highest BCUT2D eigenvalue weighted by Gasteiger charge is 1.91. The Balaban J connectivity index is 2.28. The van der Waals surface area contributed by atoms with E-state index in [4.69, 9.17) is 0 Å². The molecule has 0 fully saturated rings. The van der Waals surface area contributed by atoms with Crippen LogP contribution in [-0.4, -0.2) is 6.54 Å². The van der Waals surface area contributed by atoms with Crippen LogP contribution in [0.25, 0.3) is 0 Å². The third-order valence-electron chi connectivity index (χ3n) is 1.93. The Morgan fingerprint density at radius 1 is 1.31 bits per heavy atom. The molecule has 72 valence electrons. The van der Waals surface area contributed by atoms with E-state index in [1.54, 1.807) is 0 Å². The van der Waals surface area contributed by atoms with Crippen molar-refractivity contribution in [3.8, 4) is 0 Å². The Morgan fingerprint density at radius 3 is 2.85 bits per heavy atom. The maximum absolute atomic E-state index is 3.44. The number of hydrogen-bond acceptors (Lipinski definition) is 1. The minimum Gasteiger partial charge on any atom is -0.385 e. The molecule has 1 aromatic carbocycles. The number of anilines is 1. The van der Waals surface area contributed by atoms with Crippen molar-refractivity contribution in [2.45, 2.75) is 26.2 Å². The quantitative estimate of drug-likeness (QED) is 0.768. The van der Waals surface area contributed by atoms with Crippen LogP contribution in [0.5, 0.6) is 0 Å². The molecule has 0 amide bonds. The van der Waals surface area contributed by atoms with E-state index in [9.17, 15) is 0 Å². The Kier molecular flexibility index (Phi) is 4.91. The van der Waals surface area contributed by atoms with Gasteiger partial charge < -0.3 is 5.32 Å². The molecule has 0 atom stereocenters. The van der Waals surface area contributed by atoms with E-state index >= 15 is 0 Å². The predicted molar refractivity (Wildman–Crippen MR) is 62.2 cm³/mol. The molecule has 0 aliphatic heterocycles. The highest BCUT2D eigenvalue weighted by Crippen LogP contribution is 2.15. The number of hydrogen-bond donors (Lipinski definition) is 1. The highest BCUT2D eigenvalue weighted by atomic mass is 79.9. The van der Waals surface area contributed by atoms with E-state index in [1.165, 1.54) is 24.9 Å². The Labute approximate surface area is 88.7 Å². The second-order valence-electron chi connectivity index (χ2n) is 3.14. The van der Waals surface area contributed by atoms with Crippen molar-refractivity contribution in [2.75, 3.05) is 11.9 Å². The molecule has 0 saturated heterocycles. The van der Waals surface area contributed by atoms with Gasteiger partial charge in [-0.25, -0.2) is 0 Å². The van der Waals surface area contributed by atoms with Gasteiger partial charge in [-0.15, -0.1) is 0 Å². The van der Waals surface area contributed by atoms with Crippen LogP contribution in [0.4, 0.5) is 5.69 Å². The summed E-state index contributed by atoms with van der Waals surface area (Å²) in [7, 11) is 0. The monoisotopic (exact) mass is 241 g/mol. The van der Waals surface area contributed by atoms with E-state index in [0.29, 0.717) is 0 Å². The van der Waals surface area contributed by atoms with Crippen LogP contribution in [0.15, 0.2) is 28.7 Å². The summed E-state index contributed by atoms with van der Waals surface area (Å²) in [5, 5.41) is 3.39. The first kappa shape index (κ1) is 10.6. The molecule has 1 nitrogen and oxygen atoms in total. The molecule has 0 aliphatic rings. The van der Waals surface area contributed by atoms with Gasteiger partial charge in [0.15, 0.2) is 0 Å². The molecule has 1 N–H and O–H groups in total. The van der Waals surface area contributed by atoms with E-state index in [1.807, 2.05) is 12.1 Å². The standard InChI is InChI=1S/C11H16BrN/c1-2-3-4-8-13-11-7-5-6-10(12)9-11/h5-7,9,13H,2-4,8H2,1H3. The number of halogens is 1. The molecule has 0 aromatic heterocycles. The molecule has 2 heteroatoms. The first-order valence-corrected chi connectivity index (χ1v) is 5.61. The van der Waals surface area contributed by atoms with Gasteiger partial charge >= 0.3 is 0 Å². The van der Waals surface area contributed by atoms with Crippen LogP contribution in [-0.2, 0) is 0 Å². The molecule has 0 bridgehead atoms. The summed E-state index contributed by atoms with van der Waals surface area (Å²) in [4.78, 5) is 0. The van der Waals surface area contributed by atoms with Crippen molar-refractivity contribution in [2.24, 2.45) is 0 Å². The lowest BCUT2D eigenvalue weighted by molar-refractivity contribution is 0.744. The van der Waals surface area contributed by atoms with Crippen LogP contribution < -0.4 is 5.32 Å². The third-order valence-corrected chi connectivity index (χ3v) is 2.43. The van der Waals surface area contributed by atoms with Gasteiger partial charge in [0, 0.05) is 16.7 Å². The number of benzene rings is 1. The van der Waals surface area contributed by atoms with Crippen LogP contribution in [0.3, 0.4) is 0 Å². The molecule has 0 spiro atoms. The Morgan fingerprint density at radius 2 is 2.15 bits per heavy atom. The van der Waals surface area contributed by atoms with Crippen molar-refractivity contribution in [1.29, 1.82) is 0 Å². The lowest BCUT2D eigenvalue weighted by atomic mass is 10.2. The van der Waals surface area contributed by atoms with Gasteiger partial charge in [-0.05, 0) is 24.6 Å². The van der Waals surface area contributed by atoms with Crippen molar-refractivity contribution < 1.29 is 0 Å². The van der Waals surface area contributed by atoms with Crippen LogP contribution in [0, 0.1) is 0 Å². The minimum absolute atomic E-state index is 1.07. The van der Waals surface area contributed by atoms with Gasteiger partial charge in [0.1, 0.15) is 0 Å². The fourth-order valence-electron chi connectivity index (χ4n) is 1.21. The van der Waals surface area contributed by atoms with Crippen LogP contribution in [0.2, 0.25) is 0 Å². The van der Waals surface area contributed by atoms with Gasteiger partial charge in [0.25, 0.3) is 0 Å². The molecule has 0 aliphatic carbocycles. The maximum atomic E-state index is 3.44. The third kappa shape index (κ3) is 4.32. The van der Waals surface area contributed by atoms with Gasteiger partial charge in [-0.3, -0.25) is 0 Å². The summed E-state index contributed by atoms with van der Waals surface area (Å²) in [6, 6.07) is 8.28. The predicted octanol–water partition coefficient (Wildman–Crippen LogP) is 4.05. The molecular formula is C11H16BrN. The topological polar surface area (TPSA) is 12.0 Å². The van der Waals surface area contributed by atoms with E-state index in [0.717, 1.165) is 11.0 Å². The summed E-state index contributed by atoms with van der Waals surface area (Å²) >= 11 is 3.44. The average molecular weight is 242 g/mol. The van der Waals surface area contributed by atoms with Gasteiger partial charge in [-0.1, -0.05) is 41.8 Å². The molecule has 1 rings (SSSR count). The summed E-state index contributed by atoms with van der Waals surface area (Å²) < 4.78 is 1.13. The van der Waals surface area contributed by atoms with E-state index < -0.39 is 0 Å². The van der Waals surface area contributed by atoms with Crippen molar-refractivity contribution in [1.82, 2.24) is 0 Å². The normalized spacial score (nSPS) is 10.0. The first-order valence-electron chi connectivity index (χ1n) is 4.82. The Hall–Kier alpha value is -0.500. The zero-order valence-electron chi connectivity index (χ0n) is 8.02. The smallest absolute Gasteiger partial charge is 0.0351 e. The van der Waals surface area contributed by atoms with Gasteiger partial charge in [-0.2, -0.15) is 0 Å². The molecule has 0 saturated carbocycles. The molecule has 0 unspecified atom stereocenters. The van der Waals surface area contributed by atoms with Crippen molar-refractivity contribution in [3.05, 3.63) is 28.7 Å². The fourth-order valence-corrected chi connectivity index (χ4v) is 1.61. The molecule has 1 aromatic rings. The zero-order chi connectivity index (χ0) is 9.52. The minimum atomic E-state index is 1.07. The zero-order valence-corrected chi connectivity index (χ0v) is 9.60. The van der Waals surface area contributed by atoms with Gasteiger partial charge in [0.2, 0.25) is 0 Å². The summed E-state index contributed by atoms with van der Waals surface area (Å²) in [6.45, 7) is 3.30. The SMILES string of the molecule is CCCCCNc1cccc(Br)c1. The van der Waals surface area contributed by atoms with Crippen LogP contribution >= 0.6 is 15.9 Å². The largest absolute Gasteiger partial charge is 0.385 e. The van der Waals surface area contributed by atoms with Crippen molar-refractivity contribution in [3.63, 3.8) is 0 Å². The van der Waals surface area contributed by atoms with Crippen LogP contribution in [0.1, 0.15) is 26.2 Å². The van der Waals surface area contributed by atoms with E-state index in [-0.39, 0.29) is 0 Å².